The number of nitrogens with one attached hydrogen (secondary N) is 1. The highest BCUT2D eigenvalue weighted by molar-refractivity contribution is 6.35. The average molecular weight is 326 g/mol. The van der Waals surface area contributed by atoms with Crippen molar-refractivity contribution in [2.45, 2.75) is 12.5 Å². The van der Waals surface area contributed by atoms with E-state index in [-0.39, 0.29) is 6.61 Å². The lowest BCUT2D eigenvalue weighted by Gasteiger charge is -2.31. The van der Waals surface area contributed by atoms with Crippen molar-refractivity contribution < 1.29 is 9.84 Å². The zero-order chi connectivity index (χ0) is 15.5. The molecule has 0 aliphatic rings. The molecule has 0 aromatic heterocycles. The summed E-state index contributed by atoms with van der Waals surface area (Å²) >= 11 is 12.2. The summed E-state index contributed by atoms with van der Waals surface area (Å²) in [7, 11) is 1.62. The SMILES string of the molecule is COc1ccc(NC(C)(CO)c2ccc(Cl)cc2Cl)cc1. The first-order chi connectivity index (χ1) is 9.98. The summed E-state index contributed by atoms with van der Waals surface area (Å²) in [6.45, 7) is 1.77. The lowest BCUT2D eigenvalue weighted by Crippen LogP contribution is -2.36. The third-order valence-electron chi connectivity index (χ3n) is 3.35. The molecule has 0 heterocycles. The van der Waals surface area contributed by atoms with Crippen LogP contribution in [0.3, 0.4) is 0 Å². The Balaban J connectivity index is 2.31. The molecule has 0 saturated carbocycles. The third-order valence-corrected chi connectivity index (χ3v) is 3.90. The first kappa shape index (κ1) is 16.0. The minimum absolute atomic E-state index is 0.111. The normalized spacial score (nSPS) is 13.6. The maximum absolute atomic E-state index is 9.82. The molecule has 0 saturated heterocycles. The summed E-state index contributed by atoms with van der Waals surface area (Å²) in [6.07, 6.45) is 0. The van der Waals surface area contributed by atoms with E-state index in [0.29, 0.717) is 10.0 Å². The molecule has 0 aliphatic carbocycles. The van der Waals surface area contributed by atoms with Gasteiger partial charge in [-0.2, -0.15) is 0 Å². The van der Waals surface area contributed by atoms with Gasteiger partial charge in [0.15, 0.2) is 0 Å². The van der Waals surface area contributed by atoms with Crippen LogP contribution in [0.4, 0.5) is 5.69 Å². The van der Waals surface area contributed by atoms with E-state index in [1.807, 2.05) is 37.3 Å². The van der Waals surface area contributed by atoms with Crippen LogP contribution in [-0.2, 0) is 5.54 Å². The Hall–Kier alpha value is -1.42. The molecule has 2 aromatic rings. The molecule has 1 unspecified atom stereocenters. The lowest BCUT2D eigenvalue weighted by atomic mass is 9.92. The second kappa shape index (κ2) is 6.56. The van der Waals surface area contributed by atoms with Crippen molar-refractivity contribution in [2.75, 3.05) is 19.0 Å². The fraction of sp³-hybridized carbons (Fsp3) is 0.250. The minimum atomic E-state index is -0.712. The van der Waals surface area contributed by atoms with E-state index in [1.54, 1.807) is 19.2 Å². The van der Waals surface area contributed by atoms with Gasteiger partial charge in [0, 0.05) is 15.7 Å². The number of aliphatic hydroxyl groups excluding tert-OH is 1. The van der Waals surface area contributed by atoms with E-state index < -0.39 is 5.54 Å². The first-order valence-electron chi connectivity index (χ1n) is 6.47. The van der Waals surface area contributed by atoms with Gasteiger partial charge < -0.3 is 15.2 Å². The largest absolute Gasteiger partial charge is 0.497 e. The number of methoxy groups -OCH3 is 1. The standard InChI is InChI=1S/C16H17Cl2NO2/c1-16(10-20,14-8-3-11(17)9-15(14)18)19-12-4-6-13(21-2)7-5-12/h3-9,19-20H,10H2,1-2H3. The maximum Gasteiger partial charge on any atom is 0.119 e. The topological polar surface area (TPSA) is 41.5 Å². The Labute approximate surface area is 134 Å². The van der Waals surface area contributed by atoms with Gasteiger partial charge in [0.2, 0.25) is 0 Å². The van der Waals surface area contributed by atoms with Gasteiger partial charge in [0.05, 0.1) is 19.3 Å². The van der Waals surface area contributed by atoms with E-state index in [4.69, 9.17) is 27.9 Å². The van der Waals surface area contributed by atoms with Gasteiger partial charge >= 0.3 is 0 Å². The smallest absolute Gasteiger partial charge is 0.119 e. The second-order valence-electron chi connectivity index (χ2n) is 4.97. The Morgan fingerprint density at radius 2 is 1.81 bits per heavy atom. The summed E-state index contributed by atoms with van der Waals surface area (Å²) in [5.41, 5.74) is 0.932. The molecule has 2 N–H and O–H groups in total. The molecule has 5 heteroatoms. The van der Waals surface area contributed by atoms with Gasteiger partial charge in [0.1, 0.15) is 5.75 Å². The molecule has 0 radical (unpaired) electrons. The average Bonchev–Trinajstić information content (AvgIpc) is 2.47. The van der Waals surface area contributed by atoms with Gasteiger partial charge in [-0.15, -0.1) is 0 Å². The van der Waals surface area contributed by atoms with Crippen LogP contribution < -0.4 is 10.1 Å². The van der Waals surface area contributed by atoms with Crippen LogP contribution in [0.15, 0.2) is 42.5 Å². The summed E-state index contributed by atoms with van der Waals surface area (Å²) in [5.74, 6) is 0.774. The van der Waals surface area contributed by atoms with Gasteiger partial charge in [-0.1, -0.05) is 29.3 Å². The number of hydrogen-bond acceptors (Lipinski definition) is 3. The van der Waals surface area contributed by atoms with Crippen LogP contribution in [0.5, 0.6) is 5.75 Å². The molecule has 0 aliphatic heterocycles. The predicted molar refractivity (Wildman–Crippen MR) is 87.5 cm³/mol. The van der Waals surface area contributed by atoms with E-state index >= 15 is 0 Å². The zero-order valence-electron chi connectivity index (χ0n) is 11.9. The predicted octanol–water partition coefficient (Wildman–Crippen LogP) is 4.32. The van der Waals surface area contributed by atoms with Crippen molar-refractivity contribution in [1.29, 1.82) is 0 Å². The first-order valence-corrected chi connectivity index (χ1v) is 7.23. The number of hydrogen-bond donors (Lipinski definition) is 2. The van der Waals surface area contributed by atoms with Crippen molar-refractivity contribution >= 4 is 28.9 Å². The molecule has 21 heavy (non-hydrogen) atoms. The molecule has 112 valence electrons. The number of anilines is 1. The number of benzene rings is 2. The Morgan fingerprint density at radius 1 is 1.14 bits per heavy atom. The molecule has 3 nitrogen and oxygen atoms in total. The fourth-order valence-corrected chi connectivity index (χ4v) is 2.74. The minimum Gasteiger partial charge on any atom is -0.497 e. The van der Waals surface area contributed by atoms with Crippen molar-refractivity contribution in [3.05, 3.63) is 58.1 Å². The van der Waals surface area contributed by atoms with Crippen molar-refractivity contribution in [1.82, 2.24) is 0 Å². The molecule has 0 fully saturated rings. The summed E-state index contributed by atoms with van der Waals surface area (Å²) < 4.78 is 5.13. The molecule has 2 aromatic carbocycles. The fourth-order valence-electron chi connectivity index (χ4n) is 2.12. The summed E-state index contributed by atoms with van der Waals surface area (Å²) in [5, 5.41) is 14.2. The van der Waals surface area contributed by atoms with Crippen molar-refractivity contribution in [3.63, 3.8) is 0 Å². The van der Waals surface area contributed by atoms with Crippen molar-refractivity contribution in [3.8, 4) is 5.75 Å². The molecule has 0 amide bonds. The number of rotatable bonds is 5. The Kier molecular flexibility index (Phi) is 4.99. The van der Waals surface area contributed by atoms with Gasteiger partial charge in [0.25, 0.3) is 0 Å². The van der Waals surface area contributed by atoms with Crippen LogP contribution in [0.2, 0.25) is 10.0 Å². The monoisotopic (exact) mass is 325 g/mol. The van der Waals surface area contributed by atoms with Gasteiger partial charge in [-0.25, -0.2) is 0 Å². The van der Waals surface area contributed by atoms with E-state index in [2.05, 4.69) is 5.32 Å². The highest BCUT2D eigenvalue weighted by Crippen LogP contribution is 2.33. The lowest BCUT2D eigenvalue weighted by molar-refractivity contribution is 0.224. The van der Waals surface area contributed by atoms with E-state index in [0.717, 1.165) is 17.0 Å². The van der Waals surface area contributed by atoms with Gasteiger partial charge in [-0.05, 0) is 48.9 Å². The van der Waals surface area contributed by atoms with Crippen LogP contribution in [0.25, 0.3) is 0 Å². The summed E-state index contributed by atoms with van der Waals surface area (Å²) in [6, 6.07) is 12.7. The van der Waals surface area contributed by atoms with Crippen LogP contribution >= 0.6 is 23.2 Å². The number of aliphatic hydroxyl groups is 1. The molecule has 0 spiro atoms. The van der Waals surface area contributed by atoms with Crippen LogP contribution in [0, 0.1) is 0 Å². The van der Waals surface area contributed by atoms with Crippen LogP contribution in [-0.4, -0.2) is 18.8 Å². The Morgan fingerprint density at radius 3 is 2.33 bits per heavy atom. The zero-order valence-corrected chi connectivity index (χ0v) is 13.4. The molecule has 0 bridgehead atoms. The third kappa shape index (κ3) is 3.62. The number of halogens is 2. The second-order valence-corrected chi connectivity index (χ2v) is 5.81. The highest BCUT2D eigenvalue weighted by Gasteiger charge is 2.28. The number of ether oxygens (including phenoxy) is 1. The molecular formula is C16H17Cl2NO2. The van der Waals surface area contributed by atoms with Crippen molar-refractivity contribution in [2.24, 2.45) is 0 Å². The van der Waals surface area contributed by atoms with Crippen LogP contribution in [0.1, 0.15) is 12.5 Å². The van der Waals surface area contributed by atoms with E-state index in [9.17, 15) is 5.11 Å². The summed E-state index contributed by atoms with van der Waals surface area (Å²) in [4.78, 5) is 0. The highest BCUT2D eigenvalue weighted by atomic mass is 35.5. The molecule has 1 atom stereocenters. The maximum atomic E-state index is 9.82. The molecular weight excluding hydrogens is 309 g/mol. The van der Waals surface area contributed by atoms with E-state index in [1.165, 1.54) is 0 Å². The molecule has 2 rings (SSSR count). The quantitative estimate of drug-likeness (QED) is 0.860. The Bertz CT molecular complexity index is 616. The van der Waals surface area contributed by atoms with Gasteiger partial charge in [-0.3, -0.25) is 0 Å².